The first-order chi connectivity index (χ1) is 13.5. The normalized spacial score (nSPS) is 15.0. The summed E-state index contributed by atoms with van der Waals surface area (Å²) in [5, 5.41) is 3.48. The molecule has 1 saturated heterocycles. The van der Waals surface area contributed by atoms with Crippen LogP contribution in [0.3, 0.4) is 0 Å². The molecule has 1 N–H and O–H groups in total. The Bertz CT molecular complexity index is 784. The van der Waals surface area contributed by atoms with Crippen molar-refractivity contribution < 1.29 is 0 Å². The van der Waals surface area contributed by atoms with E-state index in [0.717, 1.165) is 51.0 Å². The summed E-state index contributed by atoms with van der Waals surface area (Å²) in [6.45, 7) is 7.89. The molecule has 2 heterocycles. The third-order valence-corrected chi connectivity index (χ3v) is 5.20. The van der Waals surface area contributed by atoms with Gasteiger partial charge in [0.1, 0.15) is 5.82 Å². The van der Waals surface area contributed by atoms with Gasteiger partial charge in [-0.2, -0.15) is 0 Å². The van der Waals surface area contributed by atoms with Crippen molar-refractivity contribution in [2.24, 2.45) is 4.99 Å². The van der Waals surface area contributed by atoms with Crippen molar-refractivity contribution in [3.63, 3.8) is 0 Å². The molecular weight excluding hydrogens is 475 g/mol. The summed E-state index contributed by atoms with van der Waals surface area (Å²) < 4.78 is 0. The molecule has 0 spiro atoms. The fraction of sp³-hybridized carbons (Fsp3) is 0.455. The third kappa shape index (κ3) is 6.85. The van der Waals surface area contributed by atoms with Crippen molar-refractivity contribution in [3.05, 3.63) is 59.3 Å². The van der Waals surface area contributed by atoms with E-state index < -0.39 is 0 Å². The molecule has 29 heavy (non-hydrogen) atoms. The maximum Gasteiger partial charge on any atom is 0.193 e. The van der Waals surface area contributed by atoms with Gasteiger partial charge in [-0.25, -0.2) is 4.98 Å². The van der Waals surface area contributed by atoms with Gasteiger partial charge in [0.25, 0.3) is 0 Å². The van der Waals surface area contributed by atoms with E-state index in [4.69, 9.17) is 0 Å². The Hall–Kier alpha value is -1.87. The van der Waals surface area contributed by atoms with Crippen LogP contribution >= 0.6 is 24.0 Å². The molecule has 0 radical (unpaired) electrons. The number of hydrogen-bond donors (Lipinski definition) is 1. The Balaban J connectivity index is 0.00000300. The molecule has 1 aromatic carbocycles. The predicted molar refractivity (Wildman–Crippen MR) is 132 cm³/mol. The molecule has 0 bridgehead atoms. The quantitative estimate of drug-likeness (QED) is 0.383. The zero-order chi connectivity index (χ0) is 19.9. The fourth-order valence-corrected chi connectivity index (χ4v) is 3.39. The van der Waals surface area contributed by atoms with Crippen LogP contribution in [0.4, 0.5) is 5.82 Å². The lowest BCUT2D eigenvalue weighted by Gasteiger charge is -2.33. The van der Waals surface area contributed by atoms with Gasteiger partial charge in [-0.1, -0.05) is 29.8 Å². The van der Waals surface area contributed by atoms with Crippen molar-refractivity contribution >= 4 is 35.8 Å². The minimum absolute atomic E-state index is 0. The molecule has 1 aromatic heterocycles. The average molecular weight is 508 g/mol. The second-order valence-corrected chi connectivity index (χ2v) is 7.56. The van der Waals surface area contributed by atoms with Crippen LogP contribution in [0.2, 0.25) is 0 Å². The predicted octanol–water partition coefficient (Wildman–Crippen LogP) is 2.97. The Morgan fingerprint density at radius 3 is 2.45 bits per heavy atom. The highest BCUT2D eigenvalue weighted by molar-refractivity contribution is 14.0. The van der Waals surface area contributed by atoms with E-state index in [2.05, 4.69) is 87.4 Å². The maximum absolute atomic E-state index is 4.57. The molecule has 2 aromatic rings. The Labute approximate surface area is 192 Å². The van der Waals surface area contributed by atoms with E-state index in [0.29, 0.717) is 0 Å². The largest absolute Gasteiger partial charge is 0.354 e. The van der Waals surface area contributed by atoms with Crippen molar-refractivity contribution in [3.8, 4) is 0 Å². The number of aryl methyl sites for hydroxylation is 1. The number of hydrogen-bond acceptors (Lipinski definition) is 4. The van der Waals surface area contributed by atoms with Gasteiger partial charge in [-0.05, 0) is 37.2 Å². The number of piperazine rings is 1. The molecule has 0 atom stereocenters. The van der Waals surface area contributed by atoms with E-state index in [-0.39, 0.29) is 24.0 Å². The number of rotatable bonds is 5. The molecule has 6 nitrogen and oxygen atoms in total. The lowest BCUT2D eigenvalue weighted by Crippen LogP contribution is -2.44. The SMILES string of the molecule is CN=C(NCc1ccnc(N2CCN(C)CC2)c1)N(C)Cc1ccc(C)cc1.I. The van der Waals surface area contributed by atoms with Gasteiger partial charge >= 0.3 is 0 Å². The molecule has 1 aliphatic heterocycles. The number of benzene rings is 1. The number of halogens is 1. The highest BCUT2D eigenvalue weighted by atomic mass is 127. The van der Waals surface area contributed by atoms with E-state index in [9.17, 15) is 0 Å². The molecule has 0 unspecified atom stereocenters. The first-order valence-corrected chi connectivity index (χ1v) is 9.91. The number of guanidine groups is 1. The number of anilines is 1. The van der Waals surface area contributed by atoms with Gasteiger partial charge in [0.15, 0.2) is 5.96 Å². The monoisotopic (exact) mass is 508 g/mol. The number of nitrogens with zero attached hydrogens (tertiary/aromatic N) is 5. The number of aliphatic imine (C=N–C) groups is 1. The van der Waals surface area contributed by atoms with E-state index in [1.807, 2.05) is 13.2 Å². The lowest BCUT2D eigenvalue weighted by atomic mass is 10.1. The number of likely N-dealkylation sites (N-methyl/N-ethyl adjacent to an activating group) is 1. The van der Waals surface area contributed by atoms with Gasteiger partial charge in [-0.3, -0.25) is 4.99 Å². The van der Waals surface area contributed by atoms with Crippen LogP contribution in [0.5, 0.6) is 0 Å². The summed E-state index contributed by atoms with van der Waals surface area (Å²) in [4.78, 5) is 15.9. The lowest BCUT2D eigenvalue weighted by molar-refractivity contribution is 0.312. The van der Waals surface area contributed by atoms with Crippen LogP contribution in [-0.4, -0.2) is 68.1 Å². The van der Waals surface area contributed by atoms with Gasteiger partial charge in [-0.15, -0.1) is 24.0 Å². The van der Waals surface area contributed by atoms with Crippen LogP contribution in [0.1, 0.15) is 16.7 Å². The summed E-state index contributed by atoms with van der Waals surface area (Å²) in [5.74, 6) is 1.95. The minimum Gasteiger partial charge on any atom is -0.354 e. The first kappa shape index (κ1) is 23.4. The summed E-state index contributed by atoms with van der Waals surface area (Å²) in [5.41, 5.74) is 3.77. The Kier molecular flexibility index (Phi) is 9.16. The summed E-state index contributed by atoms with van der Waals surface area (Å²) in [6, 6.07) is 12.9. The van der Waals surface area contributed by atoms with Crippen molar-refractivity contribution in [1.82, 2.24) is 20.1 Å². The minimum atomic E-state index is 0. The molecule has 0 aliphatic carbocycles. The van der Waals surface area contributed by atoms with Crippen LogP contribution in [0.25, 0.3) is 0 Å². The second-order valence-electron chi connectivity index (χ2n) is 7.56. The molecule has 158 valence electrons. The zero-order valence-electron chi connectivity index (χ0n) is 17.9. The van der Waals surface area contributed by atoms with Gasteiger partial charge in [0.2, 0.25) is 0 Å². The van der Waals surface area contributed by atoms with Crippen LogP contribution in [0, 0.1) is 6.92 Å². The molecule has 1 fully saturated rings. The average Bonchev–Trinajstić information content (AvgIpc) is 2.71. The number of pyridine rings is 1. The number of aromatic nitrogens is 1. The van der Waals surface area contributed by atoms with Crippen LogP contribution in [0.15, 0.2) is 47.6 Å². The van der Waals surface area contributed by atoms with E-state index in [1.54, 1.807) is 0 Å². The second kappa shape index (κ2) is 11.3. The molecule has 0 saturated carbocycles. The maximum atomic E-state index is 4.57. The molecule has 0 amide bonds. The van der Waals surface area contributed by atoms with Gasteiger partial charge in [0.05, 0.1) is 0 Å². The number of nitrogens with one attached hydrogen (secondary N) is 1. The van der Waals surface area contributed by atoms with E-state index in [1.165, 1.54) is 16.7 Å². The van der Waals surface area contributed by atoms with Crippen molar-refractivity contribution in [2.45, 2.75) is 20.0 Å². The van der Waals surface area contributed by atoms with Gasteiger partial charge < -0.3 is 20.0 Å². The van der Waals surface area contributed by atoms with Crippen molar-refractivity contribution in [2.75, 3.05) is 52.2 Å². The molecule has 1 aliphatic rings. The standard InChI is InChI=1S/C22H32N6.HI/c1-18-5-7-19(8-6-18)17-27(4)22(23-2)25-16-20-9-10-24-21(15-20)28-13-11-26(3)12-14-28;/h5-10,15H,11-14,16-17H2,1-4H3,(H,23,25);1H. The fourth-order valence-electron chi connectivity index (χ4n) is 3.39. The summed E-state index contributed by atoms with van der Waals surface area (Å²) in [7, 11) is 6.07. The Morgan fingerprint density at radius 1 is 1.10 bits per heavy atom. The summed E-state index contributed by atoms with van der Waals surface area (Å²) in [6.07, 6.45) is 1.91. The molecule has 3 rings (SSSR count). The van der Waals surface area contributed by atoms with Gasteiger partial charge in [0, 0.05) is 59.6 Å². The highest BCUT2D eigenvalue weighted by Crippen LogP contribution is 2.15. The topological polar surface area (TPSA) is 47.0 Å². The van der Waals surface area contributed by atoms with Crippen LogP contribution < -0.4 is 10.2 Å². The van der Waals surface area contributed by atoms with Crippen molar-refractivity contribution in [1.29, 1.82) is 0 Å². The molecule has 7 heteroatoms. The zero-order valence-corrected chi connectivity index (χ0v) is 20.3. The Morgan fingerprint density at radius 2 is 1.79 bits per heavy atom. The smallest absolute Gasteiger partial charge is 0.193 e. The molecular formula is C22H33IN6. The summed E-state index contributed by atoms with van der Waals surface area (Å²) >= 11 is 0. The third-order valence-electron chi connectivity index (χ3n) is 5.20. The first-order valence-electron chi connectivity index (χ1n) is 9.91. The van der Waals surface area contributed by atoms with Crippen LogP contribution in [-0.2, 0) is 13.1 Å². The highest BCUT2D eigenvalue weighted by Gasteiger charge is 2.15. The van der Waals surface area contributed by atoms with E-state index >= 15 is 0 Å².